The molecule has 0 bridgehead atoms. The van der Waals surface area contributed by atoms with Crippen LogP contribution >= 0.6 is 0 Å². The van der Waals surface area contributed by atoms with Crippen molar-refractivity contribution in [3.63, 3.8) is 0 Å². The molecule has 2 N–H and O–H groups in total. The van der Waals surface area contributed by atoms with Crippen LogP contribution in [-0.2, 0) is 11.3 Å². The summed E-state index contributed by atoms with van der Waals surface area (Å²) in [5, 5.41) is 2.98. The van der Waals surface area contributed by atoms with Gasteiger partial charge >= 0.3 is 5.97 Å². The molecule has 0 aliphatic carbocycles. The minimum Gasteiger partial charge on any atom is -0.461 e. The lowest BCUT2D eigenvalue weighted by Crippen LogP contribution is -2.11. The summed E-state index contributed by atoms with van der Waals surface area (Å²) in [6.07, 6.45) is 4.72. The Hall–Kier alpha value is -2.44. The number of esters is 1. The van der Waals surface area contributed by atoms with Crippen LogP contribution in [0.3, 0.4) is 0 Å². The number of carbonyl (C=O) groups excluding carboxylic acids is 1. The van der Waals surface area contributed by atoms with E-state index in [-0.39, 0.29) is 5.69 Å². The van der Waals surface area contributed by atoms with E-state index in [2.05, 4.69) is 25.3 Å². The van der Waals surface area contributed by atoms with Gasteiger partial charge in [-0.15, -0.1) is 0 Å². The van der Waals surface area contributed by atoms with E-state index in [9.17, 15) is 4.79 Å². The van der Waals surface area contributed by atoms with Crippen molar-refractivity contribution in [2.24, 2.45) is 0 Å². The Balaban J connectivity index is 2.02. The van der Waals surface area contributed by atoms with E-state index in [1.807, 2.05) is 0 Å². The van der Waals surface area contributed by atoms with Gasteiger partial charge in [-0.25, -0.2) is 19.7 Å². The summed E-state index contributed by atoms with van der Waals surface area (Å²) in [6.45, 7) is 2.44. The monoisotopic (exact) mass is 247 g/mol. The maximum Gasteiger partial charge on any atom is 0.358 e. The molecule has 0 fully saturated rings. The Labute approximate surface area is 104 Å². The van der Waals surface area contributed by atoms with Gasteiger partial charge < -0.3 is 15.0 Å². The SMILES string of the molecule is CCOC(=O)c1nc[nH]c1CNc1ncccn1. The van der Waals surface area contributed by atoms with Crippen LogP contribution in [0.5, 0.6) is 0 Å². The molecule has 18 heavy (non-hydrogen) atoms. The third kappa shape index (κ3) is 2.82. The average molecular weight is 247 g/mol. The van der Waals surface area contributed by atoms with Gasteiger partial charge in [-0.05, 0) is 13.0 Å². The predicted molar refractivity (Wildman–Crippen MR) is 63.9 cm³/mol. The van der Waals surface area contributed by atoms with Crippen molar-refractivity contribution in [3.05, 3.63) is 36.2 Å². The van der Waals surface area contributed by atoms with Crippen molar-refractivity contribution in [2.45, 2.75) is 13.5 Å². The number of nitrogens with one attached hydrogen (secondary N) is 2. The molecular formula is C11H13N5O2. The first-order chi connectivity index (χ1) is 8.81. The highest BCUT2D eigenvalue weighted by Gasteiger charge is 2.15. The van der Waals surface area contributed by atoms with Crippen LogP contribution in [0.1, 0.15) is 23.1 Å². The zero-order valence-corrected chi connectivity index (χ0v) is 9.88. The standard InChI is InChI=1S/C11H13N5O2/c1-2-18-10(17)9-8(15-7-16-9)6-14-11-12-4-3-5-13-11/h3-5,7H,2,6H2,1H3,(H,15,16)(H,12,13,14). The normalized spacial score (nSPS) is 10.1. The molecule has 2 heterocycles. The highest BCUT2D eigenvalue weighted by Crippen LogP contribution is 2.07. The molecule has 0 atom stereocenters. The molecule has 7 heteroatoms. The van der Waals surface area contributed by atoms with Crippen LogP contribution in [0, 0.1) is 0 Å². The van der Waals surface area contributed by atoms with Crippen molar-refractivity contribution in [2.75, 3.05) is 11.9 Å². The zero-order chi connectivity index (χ0) is 12.8. The van der Waals surface area contributed by atoms with Gasteiger partial charge in [-0.2, -0.15) is 0 Å². The minimum absolute atomic E-state index is 0.278. The summed E-state index contributed by atoms with van der Waals surface area (Å²) in [6, 6.07) is 1.73. The second-order valence-corrected chi connectivity index (χ2v) is 3.38. The fraction of sp³-hybridized carbons (Fsp3) is 0.273. The van der Waals surface area contributed by atoms with Crippen molar-refractivity contribution in [3.8, 4) is 0 Å². The van der Waals surface area contributed by atoms with Crippen molar-refractivity contribution < 1.29 is 9.53 Å². The van der Waals surface area contributed by atoms with Gasteiger partial charge in [0.1, 0.15) is 0 Å². The highest BCUT2D eigenvalue weighted by molar-refractivity contribution is 5.88. The molecular weight excluding hydrogens is 234 g/mol. The van der Waals surface area contributed by atoms with E-state index >= 15 is 0 Å². The fourth-order valence-electron chi connectivity index (χ4n) is 1.39. The van der Waals surface area contributed by atoms with E-state index in [1.54, 1.807) is 25.4 Å². The van der Waals surface area contributed by atoms with Crippen molar-refractivity contribution in [1.29, 1.82) is 0 Å². The second kappa shape index (κ2) is 5.76. The van der Waals surface area contributed by atoms with Crippen LogP contribution in [-0.4, -0.2) is 32.5 Å². The molecule has 2 aromatic rings. The molecule has 0 aliphatic heterocycles. The number of imidazole rings is 1. The van der Waals surface area contributed by atoms with E-state index < -0.39 is 5.97 Å². The van der Waals surface area contributed by atoms with Crippen LogP contribution in [0.25, 0.3) is 0 Å². The van der Waals surface area contributed by atoms with E-state index in [1.165, 1.54) is 6.33 Å². The number of carbonyl (C=O) groups is 1. The molecule has 7 nitrogen and oxygen atoms in total. The van der Waals surface area contributed by atoms with Gasteiger partial charge in [0.25, 0.3) is 0 Å². The lowest BCUT2D eigenvalue weighted by Gasteiger charge is -2.04. The molecule has 0 radical (unpaired) electrons. The quantitative estimate of drug-likeness (QED) is 0.765. The molecule has 2 rings (SSSR count). The summed E-state index contributed by atoms with van der Waals surface area (Å²) in [5.74, 6) is 0.0476. The van der Waals surface area contributed by atoms with Gasteiger partial charge in [0.05, 0.1) is 25.2 Å². The summed E-state index contributed by atoms with van der Waals surface area (Å²) < 4.78 is 4.90. The molecule has 94 valence electrons. The number of rotatable bonds is 5. The van der Waals surface area contributed by atoms with Gasteiger partial charge in [0.2, 0.25) is 5.95 Å². The third-order valence-electron chi connectivity index (χ3n) is 2.18. The maximum absolute atomic E-state index is 11.6. The number of aromatic nitrogens is 4. The third-order valence-corrected chi connectivity index (χ3v) is 2.18. The Morgan fingerprint density at radius 1 is 1.39 bits per heavy atom. The Kier molecular flexibility index (Phi) is 3.85. The second-order valence-electron chi connectivity index (χ2n) is 3.38. The molecule has 0 saturated heterocycles. The number of hydrogen-bond acceptors (Lipinski definition) is 6. The minimum atomic E-state index is -0.440. The lowest BCUT2D eigenvalue weighted by molar-refractivity contribution is 0.0519. The van der Waals surface area contributed by atoms with Gasteiger partial charge in [0.15, 0.2) is 5.69 Å². The van der Waals surface area contributed by atoms with Crippen LogP contribution in [0.4, 0.5) is 5.95 Å². The number of hydrogen-bond donors (Lipinski definition) is 2. The molecule has 0 spiro atoms. The lowest BCUT2D eigenvalue weighted by atomic mass is 10.3. The maximum atomic E-state index is 11.6. The largest absolute Gasteiger partial charge is 0.461 e. The molecule has 0 saturated carbocycles. The number of ether oxygens (including phenoxy) is 1. The highest BCUT2D eigenvalue weighted by atomic mass is 16.5. The predicted octanol–water partition coefficient (Wildman–Crippen LogP) is 0.988. The van der Waals surface area contributed by atoms with Crippen molar-refractivity contribution >= 4 is 11.9 Å². The fourth-order valence-corrected chi connectivity index (χ4v) is 1.39. The van der Waals surface area contributed by atoms with Gasteiger partial charge in [0, 0.05) is 12.4 Å². The molecule has 0 amide bonds. The smallest absolute Gasteiger partial charge is 0.358 e. The number of nitrogens with zero attached hydrogens (tertiary/aromatic N) is 3. The van der Waals surface area contributed by atoms with E-state index in [0.717, 1.165) is 0 Å². The van der Waals surface area contributed by atoms with E-state index in [0.29, 0.717) is 24.8 Å². The van der Waals surface area contributed by atoms with Gasteiger partial charge in [-0.1, -0.05) is 0 Å². The first-order valence-corrected chi connectivity index (χ1v) is 5.51. The summed E-state index contributed by atoms with van der Waals surface area (Å²) in [7, 11) is 0. The molecule has 0 unspecified atom stereocenters. The first kappa shape index (κ1) is 12.0. The zero-order valence-electron chi connectivity index (χ0n) is 9.88. The van der Waals surface area contributed by atoms with E-state index in [4.69, 9.17) is 4.74 Å². The van der Waals surface area contributed by atoms with Crippen LogP contribution in [0.15, 0.2) is 24.8 Å². The summed E-state index contributed by atoms with van der Waals surface area (Å²) in [4.78, 5) is 26.4. The molecule has 0 aliphatic rings. The Morgan fingerprint density at radius 3 is 2.89 bits per heavy atom. The van der Waals surface area contributed by atoms with Crippen LogP contribution in [0.2, 0.25) is 0 Å². The number of H-pyrrole nitrogens is 1. The summed E-state index contributed by atoms with van der Waals surface area (Å²) in [5.41, 5.74) is 0.918. The number of aromatic amines is 1. The summed E-state index contributed by atoms with van der Waals surface area (Å²) >= 11 is 0. The molecule has 2 aromatic heterocycles. The average Bonchev–Trinajstić information content (AvgIpc) is 2.86. The van der Waals surface area contributed by atoms with Crippen LogP contribution < -0.4 is 5.32 Å². The topological polar surface area (TPSA) is 92.8 Å². The first-order valence-electron chi connectivity index (χ1n) is 5.51. The Bertz CT molecular complexity index is 511. The Morgan fingerprint density at radius 2 is 2.17 bits per heavy atom. The van der Waals surface area contributed by atoms with Crippen molar-refractivity contribution in [1.82, 2.24) is 19.9 Å². The van der Waals surface area contributed by atoms with Gasteiger partial charge in [-0.3, -0.25) is 0 Å². The molecule has 0 aromatic carbocycles. The number of anilines is 1.